The molecule has 2 saturated heterocycles. The molecule has 1 N–H and O–H groups in total. The predicted octanol–water partition coefficient (Wildman–Crippen LogP) is 1.65. The Morgan fingerprint density at radius 3 is 2.38 bits per heavy atom. The molecule has 6 atom stereocenters. The number of ether oxygens (including phenoxy) is 4. The molecule has 4 rings (SSSR count). The van der Waals surface area contributed by atoms with Crippen LogP contribution in [0.1, 0.15) is 11.9 Å². The van der Waals surface area contributed by atoms with Crippen LogP contribution in [0, 0.1) is 0 Å². The first-order valence-electron chi connectivity index (χ1n) is 8.66. The molecule has 0 saturated carbocycles. The van der Waals surface area contributed by atoms with Gasteiger partial charge >= 0.3 is 159 Å². The summed E-state index contributed by atoms with van der Waals surface area (Å²) < 4.78 is 24.6. The topological polar surface area (TPSA) is 57.2 Å². The van der Waals surface area contributed by atoms with Gasteiger partial charge in [0.1, 0.15) is 0 Å². The van der Waals surface area contributed by atoms with Crippen LogP contribution in [-0.2, 0) is 18.9 Å². The van der Waals surface area contributed by atoms with Crippen molar-refractivity contribution in [1.29, 1.82) is 0 Å². The van der Waals surface area contributed by atoms with E-state index in [1.165, 1.54) is 4.46 Å². The third kappa shape index (κ3) is 3.73. The summed E-state index contributed by atoms with van der Waals surface area (Å²) in [5.74, 6) is 0. The molecule has 0 bridgehead atoms. The van der Waals surface area contributed by atoms with E-state index in [1.807, 2.05) is 48.5 Å². The van der Waals surface area contributed by atoms with E-state index in [9.17, 15) is 5.11 Å². The predicted molar refractivity (Wildman–Crippen MR) is 97.3 cm³/mol. The Morgan fingerprint density at radius 2 is 1.69 bits per heavy atom. The molecule has 5 nitrogen and oxygen atoms in total. The molecule has 0 aliphatic carbocycles. The Kier molecular flexibility index (Phi) is 5.72. The molecule has 2 aromatic rings. The molecule has 0 aromatic heterocycles. The molecule has 2 aromatic carbocycles. The van der Waals surface area contributed by atoms with Crippen LogP contribution in [0.4, 0.5) is 0 Å². The van der Waals surface area contributed by atoms with Crippen molar-refractivity contribution in [3.63, 3.8) is 0 Å². The normalized spacial score (nSPS) is 34.2. The second kappa shape index (κ2) is 8.19. The van der Waals surface area contributed by atoms with Crippen molar-refractivity contribution in [2.24, 2.45) is 0 Å². The number of benzene rings is 2. The maximum absolute atomic E-state index is 10.8. The molecule has 2 fully saturated rings. The van der Waals surface area contributed by atoms with Gasteiger partial charge in [0.25, 0.3) is 0 Å². The van der Waals surface area contributed by atoms with E-state index >= 15 is 0 Å². The summed E-state index contributed by atoms with van der Waals surface area (Å²) in [6.07, 6.45) is -2.33. The van der Waals surface area contributed by atoms with Crippen molar-refractivity contribution in [3.8, 4) is 0 Å². The van der Waals surface area contributed by atoms with E-state index in [0.717, 1.165) is 5.56 Å². The summed E-state index contributed by atoms with van der Waals surface area (Å²) in [6, 6.07) is 20.1. The van der Waals surface area contributed by atoms with Crippen molar-refractivity contribution in [2.75, 3.05) is 13.7 Å². The van der Waals surface area contributed by atoms with Gasteiger partial charge < -0.3 is 0 Å². The number of methoxy groups -OCH3 is 1. The first-order chi connectivity index (χ1) is 12.8. The van der Waals surface area contributed by atoms with Crippen LogP contribution in [0.2, 0.25) is 4.82 Å². The average molecular weight is 421 g/mol. The Morgan fingerprint density at radius 1 is 1.00 bits per heavy atom. The van der Waals surface area contributed by atoms with Gasteiger partial charge in [-0.1, -0.05) is 0 Å². The van der Waals surface area contributed by atoms with Gasteiger partial charge in [-0.15, -0.1) is 0 Å². The fourth-order valence-electron chi connectivity index (χ4n) is 3.33. The summed E-state index contributed by atoms with van der Waals surface area (Å²) >= 11 is 0.0166. The van der Waals surface area contributed by atoms with Crippen LogP contribution in [0.5, 0.6) is 0 Å². The third-order valence-corrected chi connectivity index (χ3v) is 7.49. The monoisotopic (exact) mass is 422 g/mol. The summed E-state index contributed by atoms with van der Waals surface area (Å²) in [7, 11) is 1.55. The van der Waals surface area contributed by atoms with E-state index in [1.54, 1.807) is 7.11 Å². The van der Waals surface area contributed by atoms with Crippen molar-refractivity contribution < 1.29 is 24.1 Å². The minimum atomic E-state index is -0.740. The Hall–Kier alpha value is -1.24. The van der Waals surface area contributed by atoms with Crippen LogP contribution in [0.3, 0.4) is 0 Å². The fourth-order valence-corrected chi connectivity index (χ4v) is 5.99. The summed E-state index contributed by atoms with van der Waals surface area (Å²) in [4.78, 5) is -0.0799. The van der Waals surface area contributed by atoms with Crippen LogP contribution in [0.15, 0.2) is 60.7 Å². The van der Waals surface area contributed by atoms with Crippen LogP contribution >= 0.6 is 0 Å². The van der Waals surface area contributed by atoms with E-state index in [2.05, 4.69) is 12.1 Å². The van der Waals surface area contributed by atoms with Gasteiger partial charge in [0, 0.05) is 0 Å². The maximum atomic E-state index is 10.8. The van der Waals surface area contributed by atoms with Gasteiger partial charge in [0.05, 0.1) is 0 Å². The van der Waals surface area contributed by atoms with E-state index in [0.29, 0.717) is 6.61 Å². The van der Waals surface area contributed by atoms with Gasteiger partial charge in [0.15, 0.2) is 0 Å². The number of aliphatic hydroxyl groups excluding tert-OH is 1. The first-order valence-corrected chi connectivity index (χ1v) is 10.5. The Labute approximate surface area is 159 Å². The molecule has 6 heteroatoms. The second-order valence-corrected chi connectivity index (χ2v) is 8.97. The molecule has 0 spiro atoms. The van der Waals surface area contributed by atoms with Crippen molar-refractivity contribution in [3.05, 3.63) is 66.2 Å². The minimum absolute atomic E-state index is 0.0166. The number of aliphatic hydroxyl groups is 1. The SMILES string of the molecule is CO[C@H]1O[C@@H]2CO[C@@H](c3ccccc3)O[C@H]2[C@@H]([Se]c2ccccc2)[C@@H]1O. The summed E-state index contributed by atoms with van der Waals surface area (Å²) in [5.41, 5.74) is 0.972. The summed E-state index contributed by atoms with van der Waals surface area (Å²) in [6.45, 7) is 0.415. The van der Waals surface area contributed by atoms with Gasteiger partial charge in [-0.3, -0.25) is 0 Å². The Bertz CT molecular complexity index is 698. The molecule has 0 amide bonds. The standard InChI is InChI=1S/C20H22O5Se/c1-22-20-16(21)18(26-14-10-6-3-7-11-14)17-15(24-20)12-23-19(25-17)13-8-4-2-5-9-13/h2-11,15-21H,12H2,1H3/t15-,16+,17-,18+,19-,20+/m1/s1. The molecule has 0 unspecified atom stereocenters. The number of hydrogen-bond acceptors (Lipinski definition) is 5. The van der Waals surface area contributed by atoms with Crippen LogP contribution in [-0.4, -0.2) is 58.4 Å². The molecule has 0 radical (unpaired) electrons. The van der Waals surface area contributed by atoms with Crippen molar-refractivity contribution in [2.45, 2.75) is 35.7 Å². The molecular formula is C20H22O5Se. The molecule has 138 valence electrons. The van der Waals surface area contributed by atoms with E-state index in [4.69, 9.17) is 18.9 Å². The van der Waals surface area contributed by atoms with Crippen LogP contribution < -0.4 is 4.46 Å². The number of fused-ring (bicyclic) bond motifs is 1. The average Bonchev–Trinajstić information content (AvgIpc) is 2.71. The third-order valence-electron chi connectivity index (χ3n) is 4.63. The quantitative estimate of drug-likeness (QED) is 0.762. The molecular weight excluding hydrogens is 399 g/mol. The first kappa shape index (κ1) is 18.1. The zero-order valence-corrected chi connectivity index (χ0v) is 16.1. The Balaban J connectivity index is 1.58. The van der Waals surface area contributed by atoms with Crippen molar-refractivity contribution >= 4 is 19.4 Å². The summed E-state index contributed by atoms with van der Waals surface area (Å²) in [5, 5.41) is 10.8. The van der Waals surface area contributed by atoms with Gasteiger partial charge in [-0.25, -0.2) is 0 Å². The number of rotatable bonds is 4. The van der Waals surface area contributed by atoms with E-state index < -0.39 is 18.7 Å². The molecule has 2 aliphatic rings. The second-order valence-electron chi connectivity index (χ2n) is 6.34. The molecule has 2 aliphatic heterocycles. The fraction of sp³-hybridized carbons (Fsp3) is 0.400. The van der Waals surface area contributed by atoms with Gasteiger partial charge in [-0.05, 0) is 0 Å². The van der Waals surface area contributed by atoms with Crippen molar-refractivity contribution in [1.82, 2.24) is 0 Å². The van der Waals surface area contributed by atoms with Crippen LogP contribution in [0.25, 0.3) is 0 Å². The van der Waals surface area contributed by atoms with Gasteiger partial charge in [0.2, 0.25) is 0 Å². The van der Waals surface area contributed by atoms with Gasteiger partial charge in [-0.2, -0.15) is 0 Å². The molecule has 26 heavy (non-hydrogen) atoms. The molecule has 2 heterocycles. The zero-order chi connectivity index (χ0) is 17.9. The zero-order valence-electron chi connectivity index (χ0n) is 14.4. The van der Waals surface area contributed by atoms with E-state index in [-0.39, 0.29) is 32.0 Å². The number of hydrogen-bond donors (Lipinski definition) is 1.